The molecule has 2 aromatic rings. The standard InChI is InChI=1S/C22H31N3O2/c1-18-14-19(2)23-21(15-18)17-24(3)16-20-6-4-5-7-22(20)27-13-10-25-8-11-26-12-9-25/h4-7,14-15H,8-13,16-17H2,1-3H3. The Kier molecular flexibility index (Phi) is 7.21. The van der Waals surface area contributed by atoms with Crippen molar-refractivity contribution >= 4 is 0 Å². The van der Waals surface area contributed by atoms with Crippen molar-refractivity contribution in [2.24, 2.45) is 0 Å². The first kappa shape index (κ1) is 19.8. The van der Waals surface area contributed by atoms with Gasteiger partial charge in [-0.2, -0.15) is 0 Å². The molecule has 0 unspecified atom stereocenters. The van der Waals surface area contributed by atoms with E-state index in [0.29, 0.717) is 6.61 Å². The highest BCUT2D eigenvalue weighted by atomic mass is 16.5. The maximum absolute atomic E-state index is 6.10. The van der Waals surface area contributed by atoms with Crippen molar-refractivity contribution in [3.8, 4) is 5.75 Å². The van der Waals surface area contributed by atoms with Crippen LogP contribution in [0, 0.1) is 13.8 Å². The fraction of sp³-hybridized carbons (Fsp3) is 0.500. The molecule has 1 saturated heterocycles. The van der Waals surface area contributed by atoms with Crippen LogP contribution in [0.3, 0.4) is 0 Å². The summed E-state index contributed by atoms with van der Waals surface area (Å²) < 4.78 is 11.5. The van der Waals surface area contributed by atoms with Crippen molar-refractivity contribution in [3.63, 3.8) is 0 Å². The van der Waals surface area contributed by atoms with E-state index in [1.54, 1.807) is 0 Å². The number of nitrogens with zero attached hydrogens (tertiary/aromatic N) is 3. The lowest BCUT2D eigenvalue weighted by atomic mass is 10.1. The second kappa shape index (κ2) is 9.83. The molecule has 1 aromatic carbocycles. The van der Waals surface area contributed by atoms with Gasteiger partial charge in [0.1, 0.15) is 12.4 Å². The van der Waals surface area contributed by atoms with Crippen LogP contribution in [0.2, 0.25) is 0 Å². The van der Waals surface area contributed by atoms with Gasteiger partial charge >= 0.3 is 0 Å². The smallest absolute Gasteiger partial charge is 0.123 e. The van der Waals surface area contributed by atoms with Gasteiger partial charge in [-0.05, 0) is 44.7 Å². The molecular weight excluding hydrogens is 338 g/mol. The molecule has 0 spiro atoms. The zero-order valence-corrected chi connectivity index (χ0v) is 16.8. The Morgan fingerprint density at radius 2 is 1.89 bits per heavy atom. The molecule has 1 fully saturated rings. The molecular formula is C22H31N3O2. The monoisotopic (exact) mass is 369 g/mol. The van der Waals surface area contributed by atoms with E-state index < -0.39 is 0 Å². The number of rotatable bonds is 8. The molecule has 0 N–H and O–H groups in total. The molecule has 0 saturated carbocycles. The molecule has 3 rings (SSSR count). The zero-order chi connectivity index (χ0) is 19.1. The average Bonchev–Trinajstić information content (AvgIpc) is 2.63. The summed E-state index contributed by atoms with van der Waals surface area (Å²) in [6.45, 7) is 11.1. The normalized spacial score (nSPS) is 15.3. The van der Waals surface area contributed by atoms with Gasteiger partial charge in [0.05, 0.1) is 18.9 Å². The number of aryl methyl sites for hydroxylation is 2. The van der Waals surface area contributed by atoms with Crippen molar-refractivity contribution < 1.29 is 9.47 Å². The fourth-order valence-electron chi connectivity index (χ4n) is 3.51. The van der Waals surface area contributed by atoms with Crippen LogP contribution in [0.4, 0.5) is 0 Å². The summed E-state index contributed by atoms with van der Waals surface area (Å²) in [4.78, 5) is 9.33. The summed E-state index contributed by atoms with van der Waals surface area (Å²) in [5, 5.41) is 0. The van der Waals surface area contributed by atoms with Crippen LogP contribution in [0.1, 0.15) is 22.5 Å². The van der Waals surface area contributed by atoms with E-state index >= 15 is 0 Å². The minimum Gasteiger partial charge on any atom is -0.492 e. The molecule has 1 aliphatic heterocycles. The highest BCUT2D eigenvalue weighted by Gasteiger charge is 2.12. The molecule has 0 amide bonds. The van der Waals surface area contributed by atoms with Gasteiger partial charge in [-0.25, -0.2) is 0 Å². The van der Waals surface area contributed by atoms with Crippen molar-refractivity contribution in [1.29, 1.82) is 0 Å². The lowest BCUT2D eigenvalue weighted by molar-refractivity contribution is 0.0321. The highest BCUT2D eigenvalue weighted by Crippen LogP contribution is 2.20. The Labute approximate surface area is 162 Å². The van der Waals surface area contributed by atoms with Crippen molar-refractivity contribution in [1.82, 2.24) is 14.8 Å². The number of hydrogen-bond donors (Lipinski definition) is 0. The third kappa shape index (κ3) is 6.31. The molecule has 5 nitrogen and oxygen atoms in total. The molecule has 0 aliphatic carbocycles. The van der Waals surface area contributed by atoms with Gasteiger partial charge in [0.15, 0.2) is 0 Å². The average molecular weight is 370 g/mol. The SMILES string of the molecule is Cc1cc(C)nc(CN(C)Cc2ccccc2OCCN2CCOCC2)c1. The van der Waals surface area contributed by atoms with E-state index in [-0.39, 0.29) is 0 Å². The van der Waals surface area contributed by atoms with Crippen LogP contribution in [0.15, 0.2) is 36.4 Å². The number of hydrogen-bond acceptors (Lipinski definition) is 5. The molecule has 1 aromatic heterocycles. The van der Waals surface area contributed by atoms with Gasteiger partial charge in [-0.15, -0.1) is 0 Å². The van der Waals surface area contributed by atoms with Crippen LogP contribution in [-0.4, -0.2) is 61.3 Å². The summed E-state index contributed by atoms with van der Waals surface area (Å²) in [6.07, 6.45) is 0. The Hall–Kier alpha value is -1.95. The molecule has 1 aliphatic rings. The van der Waals surface area contributed by atoms with Gasteiger partial charge < -0.3 is 9.47 Å². The van der Waals surface area contributed by atoms with Crippen molar-refractivity contribution in [3.05, 3.63) is 58.9 Å². The van der Waals surface area contributed by atoms with Gasteiger partial charge in [0, 0.05) is 44.0 Å². The van der Waals surface area contributed by atoms with Crippen LogP contribution >= 0.6 is 0 Å². The van der Waals surface area contributed by atoms with Gasteiger partial charge in [-0.3, -0.25) is 14.8 Å². The second-order valence-corrected chi connectivity index (χ2v) is 7.36. The predicted octanol–water partition coefficient (Wildman–Crippen LogP) is 3.04. The Bertz CT molecular complexity index is 709. The molecule has 0 bridgehead atoms. The number of pyridine rings is 1. The first-order valence-electron chi connectivity index (χ1n) is 9.73. The lowest BCUT2D eigenvalue weighted by Gasteiger charge is -2.26. The van der Waals surface area contributed by atoms with Crippen LogP contribution in [-0.2, 0) is 17.8 Å². The van der Waals surface area contributed by atoms with E-state index in [0.717, 1.165) is 63.1 Å². The topological polar surface area (TPSA) is 37.8 Å². The Balaban J connectivity index is 1.54. The van der Waals surface area contributed by atoms with E-state index in [1.807, 2.05) is 13.0 Å². The first-order valence-corrected chi connectivity index (χ1v) is 9.73. The molecule has 2 heterocycles. The van der Waals surface area contributed by atoms with E-state index in [1.165, 1.54) is 11.1 Å². The molecule has 0 radical (unpaired) electrons. The lowest BCUT2D eigenvalue weighted by Crippen LogP contribution is -2.38. The van der Waals surface area contributed by atoms with Crippen LogP contribution < -0.4 is 4.74 Å². The summed E-state index contributed by atoms with van der Waals surface area (Å²) in [5.74, 6) is 0.978. The number of para-hydroxylation sites is 1. The second-order valence-electron chi connectivity index (χ2n) is 7.36. The first-order chi connectivity index (χ1) is 13.1. The van der Waals surface area contributed by atoms with E-state index in [2.05, 4.69) is 59.1 Å². The van der Waals surface area contributed by atoms with Crippen LogP contribution in [0.25, 0.3) is 0 Å². The minimum atomic E-state index is 0.708. The van der Waals surface area contributed by atoms with E-state index in [9.17, 15) is 0 Å². The number of ether oxygens (including phenoxy) is 2. The number of benzene rings is 1. The highest BCUT2D eigenvalue weighted by molar-refractivity contribution is 5.33. The minimum absolute atomic E-state index is 0.708. The molecule has 146 valence electrons. The molecule has 5 heteroatoms. The Morgan fingerprint density at radius 1 is 1.11 bits per heavy atom. The van der Waals surface area contributed by atoms with Gasteiger partial charge in [0.2, 0.25) is 0 Å². The molecule has 27 heavy (non-hydrogen) atoms. The maximum Gasteiger partial charge on any atom is 0.123 e. The van der Waals surface area contributed by atoms with Crippen LogP contribution in [0.5, 0.6) is 5.75 Å². The number of aromatic nitrogens is 1. The fourth-order valence-corrected chi connectivity index (χ4v) is 3.51. The summed E-state index contributed by atoms with van der Waals surface area (Å²) in [7, 11) is 2.13. The zero-order valence-electron chi connectivity index (χ0n) is 16.8. The number of morpholine rings is 1. The Morgan fingerprint density at radius 3 is 2.67 bits per heavy atom. The largest absolute Gasteiger partial charge is 0.492 e. The maximum atomic E-state index is 6.10. The molecule has 0 atom stereocenters. The summed E-state index contributed by atoms with van der Waals surface area (Å²) in [5.41, 5.74) is 4.66. The summed E-state index contributed by atoms with van der Waals surface area (Å²) >= 11 is 0. The third-order valence-electron chi connectivity index (χ3n) is 4.76. The third-order valence-corrected chi connectivity index (χ3v) is 4.76. The van der Waals surface area contributed by atoms with Gasteiger partial charge in [-0.1, -0.05) is 18.2 Å². The van der Waals surface area contributed by atoms with Crippen molar-refractivity contribution in [2.75, 3.05) is 46.5 Å². The van der Waals surface area contributed by atoms with Gasteiger partial charge in [0.25, 0.3) is 0 Å². The van der Waals surface area contributed by atoms with Crippen molar-refractivity contribution in [2.45, 2.75) is 26.9 Å². The quantitative estimate of drug-likeness (QED) is 0.715. The summed E-state index contributed by atoms with van der Waals surface area (Å²) in [6, 6.07) is 12.6. The predicted molar refractivity (Wildman–Crippen MR) is 108 cm³/mol. The van der Waals surface area contributed by atoms with E-state index in [4.69, 9.17) is 9.47 Å².